The fourth-order valence-corrected chi connectivity index (χ4v) is 7.42. The molecule has 10 heteroatoms. The van der Waals surface area contributed by atoms with E-state index in [9.17, 15) is 13.2 Å². The second-order valence-electron chi connectivity index (χ2n) is 7.37. The van der Waals surface area contributed by atoms with Crippen molar-refractivity contribution >= 4 is 65.4 Å². The van der Waals surface area contributed by atoms with Gasteiger partial charge in [0.15, 0.2) is 0 Å². The summed E-state index contributed by atoms with van der Waals surface area (Å²) >= 11 is 8.85. The average Bonchev–Trinajstić information content (AvgIpc) is 3.52. The quantitative estimate of drug-likeness (QED) is 0.391. The Labute approximate surface area is 198 Å². The number of amides is 1. The molecule has 32 heavy (non-hydrogen) atoms. The number of rotatable bonds is 5. The molecule has 1 fully saturated rings. The second-order valence-corrected chi connectivity index (χ2v) is 11.6. The lowest BCUT2D eigenvalue weighted by Gasteiger charge is -2.23. The van der Waals surface area contributed by atoms with E-state index in [2.05, 4.69) is 10.3 Å². The highest BCUT2D eigenvalue weighted by atomic mass is 35.5. The first-order valence-electron chi connectivity index (χ1n) is 9.95. The zero-order valence-electron chi connectivity index (χ0n) is 16.7. The molecule has 3 heterocycles. The minimum Gasteiger partial charge on any atom is -0.316 e. The van der Waals surface area contributed by atoms with Crippen molar-refractivity contribution in [2.75, 3.05) is 11.9 Å². The van der Waals surface area contributed by atoms with E-state index >= 15 is 0 Å². The van der Waals surface area contributed by atoms with Gasteiger partial charge >= 0.3 is 0 Å². The van der Waals surface area contributed by atoms with Gasteiger partial charge in [0.05, 0.1) is 15.1 Å². The number of thiazole rings is 1. The van der Waals surface area contributed by atoms with E-state index in [0.29, 0.717) is 29.4 Å². The smallest absolute Gasteiger partial charge is 0.243 e. The third-order valence-electron chi connectivity index (χ3n) is 5.35. The average molecular weight is 504 g/mol. The molecular weight excluding hydrogens is 486 g/mol. The summed E-state index contributed by atoms with van der Waals surface area (Å²) < 4.78 is 28.7. The standard InChI is InChI=1S/C22H18ClN3O3S3/c23-14-7-9-15(10-8-14)32(28,29)26-12-3-5-18(26)20(27)25-21-16(11-13-30-21)22-24-17-4-1-2-6-19(17)31-22/h1-2,4,6-11,13,18H,3,5,12H2,(H,25,27). The summed E-state index contributed by atoms with van der Waals surface area (Å²) in [5.41, 5.74) is 1.75. The first-order valence-corrected chi connectivity index (χ1v) is 13.5. The summed E-state index contributed by atoms with van der Waals surface area (Å²) in [4.78, 5) is 18.0. The van der Waals surface area contributed by atoms with E-state index in [0.717, 1.165) is 20.8 Å². The summed E-state index contributed by atoms with van der Waals surface area (Å²) in [5, 5.41) is 6.80. The number of benzene rings is 2. The van der Waals surface area contributed by atoms with Crippen LogP contribution in [0.2, 0.25) is 5.02 Å². The van der Waals surface area contributed by atoms with Crippen LogP contribution in [-0.4, -0.2) is 36.2 Å². The van der Waals surface area contributed by atoms with Crippen LogP contribution in [-0.2, 0) is 14.8 Å². The number of aromatic nitrogens is 1. The molecule has 0 saturated carbocycles. The largest absolute Gasteiger partial charge is 0.316 e. The molecule has 1 amide bonds. The SMILES string of the molecule is O=C(Nc1sccc1-c1nc2ccccc2s1)C1CCCN1S(=O)(=O)c1ccc(Cl)cc1. The van der Waals surface area contributed by atoms with Crippen LogP contribution < -0.4 is 5.32 Å². The van der Waals surface area contributed by atoms with E-state index < -0.39 is 16.1 Å². The topological polar surface area (TPSA) is 79.4 Å². The summed E-state index contributed by atoms with van der Waals surface area (Å²) in [7, 11) is -3.80. The number of sulfonamides is 1. The Balaban J connectivity index is 1.39. The summed E-state index contributed by atoms with van der Waals surface area (Å²) in [6.07, 6.45) is 1.10. The Morgan fingerprint density at radius 2 is 1.91 bits per heavy atom. The van der Waals surface area contributed by atoms with Gasteiger partial charge in [-0.25, -0.2) is 13.4 Å². The molecule has 164 valence electrons. The number of carbonyl (C=O) groups is 1. The lowest BCUT2D eigenvalue weighted by molar-refractivity contribution is -0.119. The molecule has 5 rings (SSSR count). The van der Waals surface area contributed by atoms with E-state index in [1.807, 2.05) is 35.7 Å². The van der Waals surface area contributed by atoms with Crippen molar-refractivity contribution in [3.05, 3.63) is 65.0 Å². The maximum absolute atomic E-state index is 13.2. The molecule has 2 aromatic heterocycles. The Bertz CT molecular complexity index is 1360. The molecule has 1 unspecified atom stereocenters. The van der Waals surface area contributed by atoms with Gasteiger partial charge in [0, 0.05) is 17.1 Å². The second kappa shape index (κ2) is 8.57. The van der Waals surface area contributed by atoms with Crippen LogP contribution in [0, 0.1) is 0 Å². The van der Waals surface area contributed by atoms with Crippen molar-refractivity contribution in [1.29, 1.82) is 0 Å². The van der Waals surface area contributed by atoms with E-state index in [-0.39, 0.29) is 10.8 Å². The molecular formula is C22H18ClN3O3S3. The third kappa shape index (κ3) is 3.95. The molecule has 0 radical (unpaired) electrons. The number of carbonyl (C=O) groups excluding carboxylic acids is 1. The molecule has 0 aliphatic carbocycles. The fraction of sp³-hybridized carbons (Fsp3) is 0.182. The minimum absolute atomic E-state index is 0.132. The van der Waals surface area contributed by atoms with E-state index in [1.165, 1.54) is 39.9 Å². The van der Waals surface area contributed by atoms with E-state index in [4.69, 9.17) is 11.6 Å². The van der Waals surface area contributed by atoms with Crippen LogP contribution in [0.4, 0.5) is 5.00 Å². The van der Waals surface area contributed by atoms with Crippen molar-refractivity contribution < 1.29 is 13.2 Å². The monoisotopic (exact) mass is 503 g/mol. The molecule has 6 nitrogen and oxygen atoms in total. The highest BCUT2D eigenvalue weighted by Gasteiger charge is 2.39. The lowest BCUT2D eigenvalue weighted by atomic mass is 10.2. The first kappa shape index (κ1) is 21.5. The van der Waals surface area contributed by atoms with Gasteiger partial charge in [-0.15, -0.1) is 22.7 Å². The van der Waals surface area contributed by atoms with Gasteiger partial charge < -0.3 is 5.32 Å². The number of anilines is 1. The van der Waals surface area contributed by atoms with Gasteiger partial charge in [-0.2, -0.15) is 4.31 Å². The van der Waals surface area contributed by atoms with Crippen LogP contribution in [0.15, 0.2) is 64.9 Å². The predicted octanol–water partition coefficient (Wildman–Crippen LogP) is 5.47. The van der Waals surface area contributed by atoms with Crippen LogP contribution in [0.25, 0.3) is 20.8 Å². The Hall–Kier alpha value is -2.30. The zero-order valence-corrected chi connectivity index (χ0v) is 19.9. The number of halogens is 1. The molecule has 1 N–H and O–H groups in total. The number of hydrogen-bond acceptors (Lipinski definition) is 6. The van der Waals surface area contributed by atoms with Crippen LogP contribution in [0.5, 0.6) is 0 Å². The van der Waals surface area contributed by atoms with Crippen LogP contribution in [0.3, 0.4) is 0 Å². The van der Waals surface area contributed by atoms with Gasteiger partial charge in [-0.1, -0.05) is 23.7 Å². The normalized spacial score (nSPS) is 17.1. The maximum atomic E-state index is 13.2. The van der Waals surface area contributed by atoms with Gasteiger partial charge in [0.1, 0.15) is 16.1 Å². The van der Waals surface area contributed by atoms with E-state index in [1.54, 1.807) is 11.3 Å². The minimum atomic E-state index is -3.80. The van der Waals surface area contributed by atoms with Crippen LogP contribution in [0.1, 0.15) is 12.8 Å². The molecule has 0 bridgehead atoms. The summed E-state index contributed by atoms with van der Waals surface area (Å²) in [6, 6.07) is 15.1. The maximum Gasteiger partial charge on any atom is 0.243 e. The van der Waals surface area contributed by atoms with Crippen molar-refractivity contribution in [3.63, 3.8) is 0 Å². The number of hydrogen-bond donors (Lipinski definition) is 1. The Morgan fingerprint density at radius 3 is 2.69 bits per heavy atom. The van der Waals surface area contributed by atoms with Gasteiger partial charge in [-0.05, 0) is 60.7 Å². The number of thiophene rings is 1. The molecule has 1 saturated heterocycles. The predicted molar refractivity (Wildman–Crippen MR) is 130 cm³/mol. The number of nitrogens with zero attached hydrogens (tertiary/aromatic N) is 2. The van der Waals surface area contributed by atoms with Crippen molar-refractivity contribution in [2.45, 2.75) is 23.8 Å². The molecule has 1 aliphatic heterocycles. The summed E-state index contributed by atoms with van der Waals surface area (Å²) in [5.74, 6) is -0.329. The first-order chi connectivity index (χ1) is 15.4. The highest BCUT2D eigenvalue weighted by Crippen LogP contribution is 2.38. The Kier molecular flexibility index (Phi) is 5.77. The highest BCUT2D eigenvalue weighted by molar-refractivity contribution is 7.89. The van der Waals surface area contributed by atoms with Gasteiger partial charge in [0.2, 0.25) is 15.9 Å². The number of para-hydroxylation sites is 1. The van der Waals surface area contributed by atoms with Crippen LogP contribution >= 0.6 is 34.3 Å². The molecule has 1 aliphatic rings. The lowest BCUT2D eigenvalue weighted by Crippen LogP contribution is -2.43. The molecule has 0 spiro atoms. The van der Waals surface area contributed by atoms with Gasteiger partial charge in [-0.3, -0.25) is 4.79 Å². The van der Waals surface area contributed by atoms with Crippen molar-refractivity contribution in [2.24, 2.45) is 0 Å². The molecule has 4 aromatic rings. The number of nitrogens with one attached hydrogen (secondary N) is 1. The summed E-state index contributed by atoms with van der Waals surface area (Å²) in [6.45, 7) is 0.304. The zero-order chi connectivity index (χ0) is 22.3. The number of fused-ring (bicyclic) bond motifs is 1. The van der Waals surface area contributed by atoms with Crippen molar-refractivity contribution in [1.82, 2.24) is 9.29 Å². The molecule has 2 aromatic carbocycles. The molecule has 1 atom stereocenters. The van der Waals surface area contributed by atoms with Gasteiger partial charge in [0.25, 0.3) is 0 Å². The Morgan fingerprint density at radius 1 is 1.12 bits per heavy atom. The van der Waals surface area contributed by atoms with Crippen molar-refractivity contribution in [3.8, 4) is 10.6 Å². The fourth-order valence-electron chi connectivity index (χ4n) is 3.79. The third-order valence-corrected chi connectivity index (χ3v) is 9.43.